The van der Waals surface area contributed by atoms with E-state index >= 15 is 0 Å². The number of pyridine rings is 1. The van der Waals surface area contributed by atoms with E-state index in [9.17, 15) is 0 Å². The lowest BCUT2D eigenvalue weighted by atomic mass is 10.3. The van der Waals surface area contributed by atoms with Gasteiger partial charge in [0.15, 0.2) is 5.96 Å². The molecule has 22 heavy (non-hydrogen) atoms. The number of piperazine rings is 1. The van der Waals surface area contributed by atoms with Crippen LogP contribution in [0.25, 0.3) is 0 Å². The summed E-state index contributed by atoms with van der Waals surface area (Å²) in [4.78, 5) is 13.8. The van der Waals surface area contributed by atoms with Gasteiger partial charge in [-0.05, 0) is 25.5 Å². The topological polar surface area (TPSA) is 53.0 Å². The minimum atomic E-state index is 0.760. The van der Waals surface area contributed by atoms with E-state index in [0.717, 1.165) is 64.1 Å². The van der Waals surface area contributed by atoms with Gasteiger partial charge in [0, 0.05) is 59.2 Å². The first kappa shape index (κ1) is 16.5. The fourth-order valence-electron chi connectivity index (χ4n) is 2.51. The second-order valence-electron chi connectivity index (χ2n) is 5.24. The van der Waals surface area contributed by atoms with Crippen LogP contribution >= 0.6 is 0 Å². The highest BCUT2D eigenvalue weighted by Crippen LogP contribution is 2.12. The lowest BCUT2D eigenvalue weighted by Gasteiger charge is -2.37. The molecule has 1 aromatic rings. The van der Waals surface area contributed by atoms with E-state index < -0.39 is 0 Å². The van der Waals surface area contributed by atoms with Crippen molar-refractivity contribution in [3.63, 3.8) is 0 Å². The molecule has 0 aliphatic carbocycles. The predicted octanol–water partition coefficient (Wildman–Crippen LogP) is 1.21. The number of aliphatic imine (C=N–C) groups is 1. The molecule has 0 saturated carbocycles. The zero-order valence-electron chi connectivity index (χ0n) is 13.7. The number of rotatable bonds is 6. The average Bonchev–Trinajstić information content (AvgIpc) is 2.59. The molecular formula is C16H27N5O. The number of guanidine groups is 1. The molecule has 0 atom stereocenters. The summed E-state index contributed by atoms with van der Waals surface area (Å²) < 4.78 is 5.08. The molecule has 0 unspecified atom stereocenters. The van der Waals surface area contributed by atoms with E-state index in [1.165, 1.54) is 0 Å². The summed E-state index contributed by atoms with van der Waals surface area (Å²) in [7, 11) is 1.73. The van der Waals surface area contributed by atoms with E-state index in [1.807, 2.05) is 18.3 Å². The first-order valence-electron chi connectivity index (χ1n) is 8.03. The average molecular weight is 305 g/mol. The summed E-state index contributed by atoms with van der Waals surface area (Å²) in [6, 6.07) is 6.06. The van der Waals surface area contributed by atoms with Crippen LogP contribution in [0.5, 0.6) is 0 Å². The standard InChI is InChI=1S/C16H27N5O/c1-3-17-16(19-9-6-14-22-2)21-12-10-20(11-13-21)15-7-4-5-8-18-15/h4-5,7-8H,3,6,9-14H2,1-2H3,(H,17,19). The van der Waals surface area contributed by atoms with E-state index in [2.05, 4.69) is 38.1 Å². The van der Waals surface area contributed by atoms with Crippen LogP contribution < -0.4 is 10.2 Å². The Labute approximate surface area is 133 Å². The Balaban J connectivity index is 1.87. The minimum absolute atomic E-state index is 0.760. The molecule has 2 rings (SSSR count). The predicted molar refractivity (Wildman–Crippen MR) is 90.5 cm³/mol. The molecule has 1 aliphatic heterocycles. The summed E-state index contributed by atoms with van der Waals surface area (Å²) in [6.07, 6.45) is 2.81. The molecular weight excluding hydrogens is 278 g/mol. The molecule has 6 nitrogen and oxygen atoms in total. The Bertz CT molecular complexity index is 443. The van der Waals surface area contributed by atoms with Gasteiger partial charge >= 0.3 is 0 Å². The van der Waals surface area contributed by atoms with Crippen molar-refractivity contribution in [3.05, 3.63) is 24.4 Å². The Morgan fingerprint density at radius 2 is 2.14 bits per heavy atom. The van der Waals surface area contributed by atoms with Crippen molar-refractivity contribution in [2.45, 2.75) is 13.3 Å². The number of hydrogen-bond donors (Lipinski definition) is 1. The smallest absolute Gasteiger partial charge is 0.194 e. The molecule has 0 aromatic carbocycles. The van der Waals surface area contributed by atoms with Crippen LogP contribution in [0.15, 0.2) is 29.4 Å². The second kappa shape index (κ2) is 9.25. The molecule has 6 heteroatoms. The molecule has 1 N–H and O–H groups in total. The van der Waals surface area contributed by atoms with Gasteiger partial charge in [-0.1, -0.05) is 6.07 Å². The molecule has 0 radical (unpaired) electrons. The number of ether oxygens (including phenoxy) is 1. The summed E-state index contributed by atoms with van der Waals surface area (Å²) in [5.41, 5.74) is 0. The van der Waals surface area contributed by atoms with Crippen molar-refractivity contribution in [2.24, 2.45) is 4.99 Å². The van der Waals surface area contributed by atoms with Gasteiger partial charge in [0.25, 0.3) is 0 Å². The summed E-state index contributed by atoms with van der Waals surface area (Å²) >= 11 is 0. The highest BCUT2D eigenvalue weighted by Gasteiger charge is 2.20. The molecule has 1 aromatic heterocycles. The third-order valence-electron chi connectivity index (χ3n) is 3.66. The maximum absolute atomic E-state index is 5.08. The largest absolute Gasteiger partial charge is 0.385 e. The zero-order valence-corrected chi connectivity index (χ0v) is 13.7. The van der Waals surface area contributed by atoms with Crippen molar-refractivity contribution in [1.29, 1.82) is 0 Å². The van der Waals surface area contributed by atoms with E-state index in [0.29, 0.717) is 0 Å². The highest BCUT2D eigenvalue weighted by molar-refractivity contribution is 5.80. The molecule has 0 bridgehead atoms. The van der Waals surface area contributed by atoms with Crippen molar-refractivity contribution >= 4 is 11.8 Å². The summed E-state index contributed by atoms with van der Waals surface area (Å²) in [5, 5.41) is 3.38. The zero-order chi connectivity index (χ0) is 15.6. The van der Waals surface area contributed by atoms with Gasteiger partial charge in [-0.3, -0.25) is 4.99 Å². The van der Waals surface area contributed by atoms with Gasteiger partial charge in [-0.15, -0.1) is 0 Å². The number of nitrogens with zero attached hydrogens (tertiary/aromatic N) is 4. The van der Waals surface area contributed by atoms with Crippen molar-refractivity contribution in [1.82, 2.24) is 15.2 Å². The third-order valence-corrected chi connectivity index (χ3v) is 3.66. The van der Waals surface area contributed by atoms with Gasteiger partial charge in [-0.2, -0.15) is 0 Å². The quantitative estimate of drug-likeness (QED) is 0.486. The van der Waals surface area contributed by atoms with Crippen LogP contribution in [0, 0.1) is 0 Å². The van der Waals surface area contributed by atoms with Crippen LogP contribution in [0.3, 0.4) is 0 Å². The van der Waals surface area contributed by atoms with E-state index in [1.54, 1.807) is 7.11 Å². The van der Waals surface area contributed by atoms with Gasteiger partial charge in [0.2, 0.25) is 0 Å². The fraction of sp³-hybridized carbons (Fsp3) is 0.625. The van der Waals surface area contributed by atoms with Gasteiger partial charge < -0.3 is 19.9 Å². The Morgan fingerprint density at radius 3 is 2.77 bits per heavy atom. The van der Waals surface area contributed by atoms with Gasteiger partial charge in [-0.25, -0.2) is 4.98 Å². The number of nitrogens with one attached hydrogen (secondary N) is 1. The summed E-state index contributed by atoms with van der Waals surface area (Å²) in [6.45, 7) is 8.43. The molecule has 1 fully saturated rings. The van der Waals surface area contributed by atoms with E-state index in [4.69, 9.17) is 4.74 Å². The normalized spacial score (nSPS) is 16.0. The van der Waals surface area contributed by atoms with Crippen LogP contribution in [0.4, 0.5) is 5.82 Å². The van der Waals surface area contributed by atoms with Crippen LogP contribution in [0.1, 0.15) is 13.3 Å². The van der Waals surface area contributed by atoms with Crippen molar-refractivity contribution in [2.75, 3.05) is 57.9 Å². The van der Waals surface area contributed by atoms with Crippen LogP contribution in [-0.4, -0.2) is 68.8 Å². The monoisotopic (exact) mass is 305 g/mol. The first-order chi connectivity index (χ1) is 10.8. The maximum atomic E-state index is 5.08. The van der Waals surface area contributed by atoms with E-state index in [-0.39, 0.29) is 0 Å². The van der Waals surface area contributed by atoms with Gasteiger partial charge in [0.1, 0.15) is 5.82 Å². The lowest BCUT2D eigenvalue weighted by molar-refractivity contribution is 0.197. The van der Waals surface area contributed by atoms with Gasteiger partial charge in [0.05, 0.1) is 0 Å². The minimum Gasteiger partial charge on any atom is -0.385 e. The Morgan fingerprint density at radius 1 is 1.32 bits per heavy atom. The molecule has 122 valence electrons. The van der Waals surface area contributed by atoms with Crippen molar-refractivity contribution < 1.29 is 4.74 Å². The number of hydrogen-bond acceptors (Lipinski definition) is 4. The molecule has 1 aliphatic rings. The molecule has 0 amide bonds. The Hall–Kier alpha value is -1.82. The third kappa shape index (κ3) is 4.87. The lowest BCUT2D eigenvalue weighted by Crippen LogP contribution is -2.52. The van der Waals surface area contributed by atoms with Crippen LogP contribution in [-0.2, 0) is 4.74 Å². The highest BCUT2D eigenvalue weighted by atomic mass is 16.5. The summed E-state index contributed by atoms with van der Waals surface area (Å²) in [5.74, 6) is 2.07. The molecule has 0 spiro atoms. The second-order valence-corrected chi connectivity index (χ2v) is 5.24. The van der Waals surface area contributed by atoms with Crippen molar-refractivity contribution in [3.8, 4) is 0 Å². The maximum Gasteiger partial charge on any atom is 0.194 e. The SMILES string of the molecule is CCNC(=NCCCOC)N1CCN(c2ccccn2)CC1. The fourth-order valence-corrected chi connectivity index (χ4v) is 2.51. The number of anilines is 1. The molecule has 1 saturated heterocycles. The number of aromatic nitrogens is 1. The first-order valence-corrected chi connectivity index (χ1v) is 8.03. The van der Waals surface area contributed by atoms with Crippen LogP contribution in [0.2, 0.25) is 0 Å². The Kier molecular flexibility index (Phi) is 6.96. The number of methoxy groups -OCH3 is 1. The molecule has 2 heterocycles.